The van der Waals surface area contributed by atoms with E-state index < -0.39 is 0 Å². The molecule has 1 amide bonds. The summed E-state index contributed by atoms with van der Waals surface area (Å²) in [4.78, 5) is 16.3. The normalized spacial score (nSPS) is 24.8. The van der Waals surface area contributed by atoms with Gasteiger partial charge in [0.25, 0.3) is 0 Å². The van der Waals surface area contributed by atoms with E-state index in [1.807, 2.05) is 0 Å². The number of hydrogen-bond acceptors (Lipinski definition) is 3. The SMILES string of the molecule is Cc1cccc(C(CN)N2CCN3C(=O)CCC3C2)c1. The third-order valence-corrected chi connectivity index (χ3v) is 4.62. The molecule has 20 heavy (non-hydrogen) atoms. The van der Waals surface area contributed by atoms with Gasteiger partial charge in [-0.25, -0.2) is 0 Å². The zero-order valence-electron chi connectivity index (χ0n) is 12.1. The standard InChI is InChI=1S/C16H23N3O/c1-12-3-2-4-13(9-12)15(10-17)18-7-8-19-14(11-18)5-6-16(19)20/h2-4,9,14-15H,5-8,10-11,17H2,1H3. The van der Waals surface area contributed by atoms with Gasteiger partial charge in [-0.1, -0.05) is 29.8 Å². The lowest BCUT2D eigenvalue weighted by atomic mass is 10.0. The van der Waals surface area contributed by atoms with Crippen LogP contribution in [0.2, 0.25) is 0 Å². The monoisotopic (exact) mass is 273 g/mol. The molecule has 0 aliphatic carbocycles. The van der Waals surface area contributed by atoms with Crippen molar-refractivity contribution in [2.45, 2.75) is 31.8 Å². The zero-order chi connectivity index (χ0) is 14.1. The number of hydrogen-bond donors (Lipinski definition) is 1. The van der Waals surface area contributed by atoms with Gasteiger partial charge in [-0.15, -0.1) is 0 Å². The molecule has 2 saturated heterocycles. The first kappa shape index (κ1) is 13.6. The number of nitrogens with zero attached hydrogens (tertiary/aromatic N) is 2. The highest BCUT2D eigenvalue weighted by Crippen LogP contribution is 2.28. The number of benzene rings is 1. The number of piperazine rings is 1. The highest BCUT2D eigenvalue weighted by Gasteiger charge is 2.37. The molecule has 0 spiro atoms. The molecule has 1 aromatic carbocycles. The average Bonchev–Trinajstić information content (AvgIpc) is 2.81. The fraction of sp³-hybridized carbons (Fsp3) is 0.562. The molecule has 2 aliphatic rings. The van der Waals surface area contributed by atoms with Crippen LogP contribution in [0.4, 0.5) is 0 Å². The maximum atomic E-state index is 11.8. The Morgan fingerprint density at radius 2 is 2.25 bits per heavy atom. The average molecular weight is 273 g/mol. The van der Waals surface area contributed by atoms with Crippen LogP contribution in [0.1, 0.15) is 30.0 Å². The summed E-state index contributed by atoms with van der Waals surface area (Å²) in [5.74, 6) is 0.328. The highest BCUT2D eigenvalue weighted by molar-refractivity contribution is 5.78. The molecular formula is C16H23N3O. The van der Waals surface area contributed by atoms with Crippen molar-refractivity contribution in [3.63, 3.8) is 0 Å². The molecule has 0 bridgehead atoms. The van der Waals surface area contributed by atoms with Crippen LogP contribution < -0.4 is 5.73 Å². The molecule has 2 heterocycles. The Bertz CT molecular complexity index is 502. The number of carbonyl (C=O) groups excluding carboxylic acids is 1. The van der Waals surface area contributed by atoms with Gasteiger partial charge < -0.3 is 10.6 Å². The van der Waals surface area contributed by atoms with Crippen LogP contribution in [0.25, 0.3) is 0 Å². The van der Waals surface area contributed by atoms with E-state index in [1.165, 1.54) is 11.1 Å². The summed E-state index contributed by atoms with van der Waals surface area (Å²) in [5, 5.41) is 0. The fourth-order valence-corrected chi connectivity index (χ4v) is 3.54. The molecule has 2 atom stereocenters. The van der Waals surface area contributed by atoms with E-state index in [-0.39, 0.29) is 6.04 Å². The van der Waals surface area contributed by atoms with E-state index in [2.05, 4.69) is 41.0 Å². The van der Waals surface area contributed by atoms with Crippen molar-refractivity contribution in [3.8, 4) is 0 Å². The van der Waals surface area contributed by atoms with E-state index in [0.29, 0.717) is 18.5 Å². The predicted molar refractivity (Wildman–Crippen MR) is 79.3 cm³/mol. The summed E-state index contributed by atoms with van der Waals surface area (Å²) in [6.45, 7) is 5.49. The summed E-state index contributed by atoms with van der Waals surface area (Å²) in [7, 11) is 0. The summed E-state index contributed by atoms with van der Waals surface area (Å²) in [6.07, 6.45) is 1.72. The number of amides is 1. The zero-order valence-corrected chi connectivity index (χ0v) is 12.1. The van der Waals surface area contributed by atoms with Gasteiger partial charge in [0.1, 0.15) is 0 Å². The van der Waals surface area contributed by atoms with Gasteiger partial charge >= 0.3 is 0 Å². The number of aryl methyl sites for hydroxylation is 1. The molecule has 0 saturated carbocycles. The highest BCUT2D eigenvalue weighted by atomic mass is 16.2. The first-order chi connectivity index (χ1) is 9.69. The third-order valence-electron chi connectivity index (χ3n) is 4.62. The smallest absolute Gasteiger partial charge is 0.222 e. The van der Waals surface area contributed by atoms with Crippen LogP contribution >= 0.6 is 0 Å². The summed E-state index contributed by atoms with van der Waals surface area (Å²) in [6, 6.07) is 9.27. The van der Waals surface area contributed by atoms with E-state index in [0.717, 1.165) is 32.5 Å². The molecule has 0 aromatic heterocycles. The molecule has 2 fully saturated rings. The molecule has 3 rings (SSSR count). The molecular weight excluding hydrogens is 250 g/mol. The lowest BCUT2D eigenvalue weighted by Crippen LogP contribution is -2.53. The Balaban J connectivity index is 1.76. The maximum Gasteiger partial charge on any atom is 0.222 e. The van der Waals surface area contributed by atoms with Crippen molar-refractivity contribution in [2.75, 3.05) is 26.2 Å². The summed E-state index contributed by atoms with van der Waals surface area (Å²) < 4.78 is 0. The summed E-state index contributed by atoms with van der Waals surface area (Å²) in [5.41, 5.74) is 8.60. The number of rotatable bonds is 3. The molecule has 4 heteroatoms. The van der Waals surface area contributed by atoms with Gasteiger partial charge in [0.05, 0.1) is 0 Å². The molecule has 1 aromatic rings. The minimum Gasteiger partial charge on any atom is -0.337 e. The molecule has 4 nitrogen and oxygen atoms in total. The first-order valence-corrected chi connectivity index (χ1v) is 7.49. The Hall–Kier alpha value is -1.39. The van der Waals surface area contributed by atoms with Gasteiger partial charge in [0, 0.05) is 44.7 Å². The van der Waals surface area contributed by atoms with E-state index >= 15 is 0 Å². The van der Waals surface area contributed by atoms with Crippen LogP contribution in [0, 0.1) is 6.92 Å². The molecule has 108 valence electrons. The topological polar surface area (TPSA) is 49.6 Å². The van der Waals surface area contributed by atoms with Crippen LogP contribution in [0.15, 0.2) is 24.3 Å². The number of nitrogens with two attached hydrogens (primary N) is 1. The Morgan fingerprint density at radius 3 is 3.00 bits per heavy atom. The van der Waals surface area contributed by atoms with Crippen LogP contribution in [-0.4, -0.2) is 47.9 Å². The molecule has 0 radical (unpaired) electrons. The van der Waals surface area contributed by atoms with Crippen molar-refractivity contribution in [3.05, 3.63) is 35.4 Å². The summed E-state index contributed by atoms with van der Waals surface area (Å²) >= 11 is 0. The number of carbonyl (C=O) groups is 1. The van der Waals surface area contributed by atoms with Gasteiger partial charge in [-0.05, 0) is 18.9 Å². The fourth-order valence-electron chi connectivity index (χ4n) is 3.54. The van der Waals surface area contributed by atoms with Crippen molar-refractivity contribution in [2.24, 2.45) is 5.73 Å². The van der Waals surface area contributed by atoms with Crippen molar-refractivity contribution >= 4 is 5.91 Å². The van der Waals surface area contributed by atoms with E-state index in [9.17, 15) is 4.79 Å². The minimum atomic E-state index is 0.271. The van der Waals surface area contributed by atoms with Gasteiger partial charge in [-0.3, -0.25) is 9.69 Å². The van der Waals surface area contributed by atoms with E-state index in [4.69, 9.17) is 5.73 Å². The van der Waals surface area contributed by atoms with Crippen LogP contribution in [0.3, 0.4) is 0 Å². The first-order valence-electron chi connectivity index (χ1n) is 7.49. The lowest BCUT2D eigenvalue weighted by Gasteiger charge is -2.41. The molecule has 2 aliphatic heterocycles. The van der Waals surface area contributed by atoms with Crippen molar-refractivity contribution < 1.29 is 4.79 Å². The van der Waals surface area contributed by atoms with Gasteiger partial charge in [0.15, 0.2) is 0 Å². The van der Waals surface area contributed by atoms with Gasteiger partial charge in [0.2, 0.25) is 5.91 Å². The van der Waals surface area contributed by atoms with Crippen molar-refractivity contribution in [1.29, 1.82) is 0 Å². The second kappa shape index (κ2) is 5.54. The third kappa shape index (κ3) is 2.45. The van der Waals surface area contributed by atoms with Crippen LogP contribution in [0.5, 0.6) is 0 Å². The molecule has 2 N–H and O–H groups in total. The Morgan fingerprint density at radius 1 is 1.40 bits per heavy atom. The minimum absolute atomic E-state index is 0.271. The van der Waals surface area contributed by atoms with Crippen molar-refractivity contribution in [1.82, 2.24) is 9.80 Å². The largest absolute Gasteiger partial charge is 0.337 e. The van der Waals surface area contributed by atoms with Crippen LogP contribution in [-0.2, 0) is 4.79 Å². The maximum absolute atomic E-state index is 11.8. The Kier molecular flexibility index (Phi) is 3.76. The lowest BCUT2D eigenvalue weighted by molar-refractivity contribution is -0.131. The van der Waals surface area contributed by atoms with E-state index in [1.54, 1.807) is 0 Å². The Labute approximate surface area is 120 Å². The number of fused-ring (bicyclic) bond motifs is 1. The second-order valence-electron chi connectivity index (χ2n) is 5.94. The second-order valence-corrected chi connectivity index (χ2v) is 5.94. The van der Waals surface area contributed by atoms with Gasteiger partial charge in [-0.2, -0.15) is 0 Å². The predicted octanol–water partition coefficient (Wildman–Crippen LogP) is 1.30. The molecule has 2 unspecified atom stereocenters. The quantitative estimate of drug-likeness (QED) is 0.903.